The van der Waals surface area contributed by atoms with Gasteiger partial charge < -0.3 is 5.73 Å². The second kappa shape index (κ2) is 4.25. The number of nitrogen functional groups attached to an aromatic ring is 1. The fraction of sp³-hybridized carbons (Fsp3) is 0.417. The zero-order chi connectivity index (χ0) is 13.4. The van der Waals surface area contributed by atoms with Crippen LogP contribution < -0.4 is 5.73 Å². The minimum atomic E-state index is -3.56. The smallest absolute Gasteiger partial charge is 0.179 e. The molecule has 6 heteroatoms. The summed E-state index contributed by atoms with van der Waals surface area (Å²) in [6.45, 7) is 0. The molecule has 1 aromatic rings. The summed E-state index contributed by atoms with van der Waals surface area (Å²) in [6.07, 6.45) is 1.69. The zero-order valence-corrected chi connectivity index (χ0v) is 10.5. The summed E-state index contributed by atoms with van der Waals surface area (Å²) in [6, 6.07) is 5.49. The molecule has 1 aliphatic rings. The number of halogens is 1. The largest absolute Gasteiger partial charge is 0.396 e. The highest BCUT2D eigenvalue weighted by Crippen LogP contribution is 2.50. The first-order valence-electron chi connectivity index (χ1n) is 5.53. The molecule has 0 radical (unpaired) electrons. The van der Waals surface area contributed by atoms with Crippen molar-refractivity contribution in [2.75, 3.05) is 11.5 Å². The van der Waals surface area contributed by atoms with Crippen molar-refractivity contribution in [1.82, 2.24) is 0 Å². The van der Waals surface area contributed by atoms with Crippen LogP contribution >= 0.6 is 0 Å². The molecule has 0 aromatic heterocycles. The number of anilines is 1. The van der Waals surface area contributed by atoms with E-state index in [1.165, 1.54) is 12.1 Å². The van der Waals surface area contributed by atoms with Gasteiger partial charge in [-0.3, -0.25) is 0 Å². The van der Waals surface area contributed by atoms with Crippen LogP contribution in [0, 0.1) is 22.6 Å². The molecule has 0 aliphatic heterocycles. The second-order valence-electron chi connectivity index (χ2n) is 4.78. The summed E-state index contributed by atoms with van der Waals surface area (Å²) in [7, 11) is -3.56. The van der Waals surface area contributed by atoms with E-state index in [4.69, 9.17) is 11.0 Å². The Hall–Kier alpha value is -1.61. The summed E-state index contributed by atoms with van der Waals surface area (Å²) < 4.78 is 37.5. The van der Waals surface area contributed by atoms with Crippen LogP contribution in [0.15, 0.2) is 23.1 Å². The molecule has 0 amide bonds. The van der Waals surface area contributed by atoms with Crippen LogP contribution in [0.3, 0.4) is 0 Å². The number of nitrogens with zero attached hydrogens (tertiary/aromatic N) is 1. The highest BCUT2D eigenvalue weighted by atomic mass is 32.2. The molecule has 96 valence electrons. The van der Waals surface area contributed by atoms with Crippen molar-refractivity contribution in [3.8, 4) is 6.07 Å². The van der Waals surface area contributed by atoms with Gasteiger partial charge in [0.25, 0.3) is 0 Å². The summed E-state index contributed by atoms with van der Waals surface area (Å²) in [5.74, 6) is -0.835. The Morgan fingerprint density at radius 1 is 1.44 bits per heavy atom. The maximum Gasteiger partial charge on any atom is 0.179 e. The molecule has 1 saturated carbocycles. The molecule has 0 unspecified atom stereocenters. The van der Waals surface area contributed by atoms with Crippen molar-refractivity contribution in [3.05, 3.63) is 24.0 Å². The lowest BCUT2D eigenvalue weighted by Crippen LogP contribution is -2.17. The first-order chi connectivity index (χ1) is 8.38. The van der Waals surface area contributed by atoms with Gasteiger partial charge in [-0.05, 0) is 36.5 Å². The van der Waals surface area contributed by atoms with Gasteiger partial charge in [0.2, 0.25) is 0 Å². The van der Waals surface area contributed by atoms with Crippen molar-refractivity contribution in [2.24, 2.45) is 5.41 Å². The summed E-state index contributed by atoms with van der Waals surface area (Å²) in [5.41, 5.74) is 4.80. The average molecular weight is 268 g/mol. The van der Waals surface area contributed by atoms with E-state index in [1.807, 2.05) is 6.07 Å². The Kier molecular flexibility index (Phi) is 3.03. The van der Waals surface area contributed by atoms with Crippen LogP contribution in [0.5, 0.6) is 0 Å². The average Bonchev–Trinajstić information content (AvgIpc) is 3.01. The number of nitrogens with two attached hydrogens (primary N) is 1. The van der Waals surface area contributed by atoms with Gasteiger partial charge in [0.05, 0.1) is 22.4 Å². The molecule has 2 N–H and O–H groups in total. The molecule has 1 fully saturated rings. The normalized spacial score (nSPS) is 17.1. The topological polar surface area (TPSA) is 84.0 Å². The Bertz CT molecular complexity index is 615. The van der Waals surface area contributed by atoms with Gasteiger partial charge in [-0.2, -0.15) is 5.26 Å². The Morgan fingerprint density at radius 3 is 2.61 bits per heavy atom. The van der Waals surface area contributed by atoms with Crippen molar-refractivity contribution < 1.29 is 12.8 Å². The van der Waals surface area contributed by atoms with Crippen LogP contribution in [-0.2, 0) is 9.84 Å². The van der Waals surface area contributed by atoms with E-state index in [-0.39, 0.29) is 22.8 Å². The standard InChI is InChI=1S/C12H13FN2O2S/c13-10-7-9(1-2-11(10)15)18(16,17)8-12(3-4-12)5-6-14/h1-2,7H,3-5,8,15H2. The fourth-order valence-corrected chi connectivity index (χ4v) is 3.83. The Morgan fingerprint density at radius 2 is 2.11 bits per heavy atom. The third-order valence-electron chi connectivity index (χ3n) is 3.24. The molecular weight excluding hydrogens is 255 g/mol. The van der Waals surface area contributed by atoms with Crippen LogP contribution in [0.25, 0.3) is 0 Å². The van der Waals surface area contributed by atoms with E-state index >= 15 is 0 Å². The van der Waals surface area contributed by atoms with Gasteiger partial charge in [0.1, 0.15) is 5.82 Å². The van der Waals surface area contributed by atoms with E-state index in [1.54, 1.807) is 0 Å². The van der Waals surface area contributed by atoms with E-state index in [2.05, 4.69) is 0 Å². The molecule has 0 spiro atoms. The molecule has 1 aliphatic carbocycles. The van der Waals surface area contributed by atoms with Gasteiger partial charge in [-0.1, -0.05) is 0 Å². The predicted octanol–water partition coefficient (Wildman–Crippen LogP) is 1.88. The number of hydrogen-bond acceptors (Lipinski definition) is 4. The SMILES string of the molecule is N#CCC1(CS(=O)(=O)c2ccc(N)c(F)c2)CC1. The molecule has 0 saturated heterocycles. The molecule has 0 heterocycles. The van der Waals surface area contributed by atoms with Crippen LogP contribution in [0.2, 0.25) is 0 Å². The lowest BCUT2D eigenvalue weighted by Gasteiger charge is -2.12. The lowest BCUT2D eigenvalue weighted by molar-refractivity contribution is 0.546. The molecule has 2 rings (SSSR count). The maximum atomic E-state index is 13.3. The van der Waals surface area contributed by atoms with Gasteiger partial charge in [-0.25, -0.2) is 12.8 Å². The van der Waals surface area contributed by atoms with Gasteiger partial charge >= 0.3 is 0 Å². The number of benzene rings is 1. The van der Waals surface area contributed by atoms with Crippen LogP contribution in [-0.4, -0.2) is 14.2 Å². The molecule has 18 heavy (non-hydrogen) atoms. The third kappa shape index (κ3) is 2.46. The van der Waals surface area contributed by atoms with Crippen molar-refractivity contribution in [3.63, 3.8) is 0 Å². The van der Waals surface area contributed by atoms with Crippen LogP contribution in [0.1, 0.15) is 19.3 Å². The Labute approximate surface area is 105 Å². The lowest BCUT2D eigenvalue weighted by atomic mass is 10.1. The van der Waals surface area contributed by atoms with Crippen molar-refractivity contribution >= 4 is 15.5 Å². The van der Waals surface area contributed by atoms with Gasteiger partial charge in [0.15, 0.2) is 9.84 Å². The quantitative estimate of drug-likeness (QED) is 0.845. The van der Waals surface area contributed by atoms with Crippen molar-refractivity contribution in [1.29, 1.82) is 5.26 Å². The molecule has 4 nitrogen and oxygen atoms in total. The minimum Gasteiger partial charge on any atom is -0.396 e. The summed E-state index contributed by atoms with van der Waals surface area (Å²) >= 11 is 0. The number of sulfone groups is 1. The second-order valence-corrected chi connectivity index (χ2v) is 6.77. The molecule has 1 aromatic carbocycles. The van der Waals surface area contributed by atoms with E-state index in [9.17, 15) is 12.8 Å². The fourth-order valence-electron chi connectivity index (χ4n) is 1.90. The molecule has 0 atom stereocenters. The predicted molar refractivity (Wildman–Crippen MR) is 64.8 cm³/mol. The highest BCUT2D eigenvalue weighted by Gasteiger charge is 2.46. The van der Waals surface area contributed by atoms with Crippen molar-refractivity contribution in [2.45, 2.75) is 24.2 Å². The maximum absolute atomic E-state index is 13.3. The van der Waals surface area contributed by atoms with Crippen LogP contribution in [0.4, 0.5) is 10.1 Å². The summed E-state index contributed by atoms with van der Waals surface area (Å²) in [5, 5.41) is 8.67. The van der Waals surface area contributed by atoms with E-state index in [0.29, 0.717) is 0 Å². The highest BCUT2D eigenvalue weighted by molar-refractivity contribution is 7.91. The minimum absolute atomic E-state index is 0.0709. The first kappa shape index (κ1) is 12.8. The summed E-state index contributed by atoms with van der Waals surface area (Å²) in [4.78, 5) is -0.0709. The number of nitriles is 1. The zero-order valence-electron chi connectivity index (χ0n) is 9.69. The first-order valence-corrected chi connectivity index (χ1v) is 7.19. The van der Waals surface area contributed by atoms with Gasteiger partial charge in [0, 0.05) is 6.42 Å². The molecule has 0 bridgehead atoms. The third-order valence-corrected chi connectivity index (χ3v) is 5.20. The van der Waals surface area contributed by atoms with Gasteiger partial charge in [-0.15, -0.1) is 0 Å². The number of hydrogen-bond donors (Lipinski definition) is 1. The monoisotopic (exact) mass is 268 g/mol. The number of rotatable bonds is 4. The van der Waals surface area contributed by atoms with E-state index in [0.717, 1.165) is 18.9 Å². The Balaban J connectivity index is 2.26. The molecular formula is C12H13FN2O2S. The van der Waals surface area contributed by atoms with E-state index < -0.39 is 21.1 Å².